The molecule has 7 heteroatoms. The van der Waals surface area contributed by atoms with E-state index in [1.165, 1.54) is 13.8 Å². The quantitative estimate of drug-likeness (QED) is 0.382. The van der Waals surface area contributed by atoms with E-state index >= 15 is 0 Å². The van der Waals surface area contributed by atoms with Crippen LogP contribution in [0.5, 0.6) is 0 Å². The number of ether oxygens (including phenoxy) is 1. The van der Waals surface area contributed by atoms with Gasteiger partial charge in [0.05, 0.1) is 6.10 Å². The van der Waals surface area contributed by atoms with Gasteiger partial charge in [-0.15, -0.1) is 0 Å². The normalized spacial score (nSPS) is 20.6. The van der Waals surface area contributed by atoms with Crippen LogP contribution in [-0.4, -0.2) is 63.2 Å². The number of aliphatic hydroxyl groups excluding tert-OH is 3. The van der Waals surface area contributed by atoms with E-state index in [1.807, 2.05) is 0 Å². The van der Waals surface area contributed by atoms with Crippen molar-refractivity contribution in [1.82, 2.24) is 0 Å². The summed E-state index contributed by atoms with van der Waals surface area (Å²) in [7, 11) is 0. The summed E-state index contributed by atoms with van der Waals surface area (Å²) < 4.78 is 4.84. The maximum Gasteiger partial charge on any atom is 0.332 e. The molecule has 0 amide bonds. The summed E-state index contributed by atoms with van der Waals surface area (Å²) in [4.78, 5) is 20.7. The molecular weight excluding hydrogens is 220 g/mol. The van der Waals surface area contributed by atoms with Gasteiger partial charge in [-0.25, -0.2) is 4.79 Å². The standard InChI is InChI=1S/C9H16O7/c1-4(11)8(7(13)6(12)3-10)16-5(2)9(14)15/h3-8,11-13H,1-2H3,(H,14,15). The van der Waals surface area contributed by atoms with Gasteiger partial charge in [0, 0.05) is 0 Å². The Kier molecular flexibility index (Phi) is 6.12. The monoisotopic (exact) mass is 236 g/mol. The van der Waals surface area contributed by atoms with Crippen LogP contribution in [0.2, 0.25) is 0 Å². The van der Waals surface area contributed by atoms with Gasteiger partial charge in [0.25, 0.3) is 0 Å². The maximum atomic E-state index is 10.5. The zero-order valence-corrected chi connectivity index (χ0v) is 8.98. The Balaban J connectivity index is 4.61. The zero-order valence-electron chi connectivity index (χ0n) is 8.98. The van der Waals surface area contributed by atoms with Gasteiger partial charge < -0.3 is 30.0 Å². The highest BCUT2D eigenvalue weighted by molar-refractivity contribution is 5.71. The highest BCUT2D eigenvalue weighted by Gasteiger charge is 2.33. The lowest BCUT2D eigenvalue weighted by Crippen LogP contribution is -2.48. The van der Waals surface area contributed by atoms with E-state index < -0.39 is 36.5 Å². The summed E-state index contributed by atoms with van der Waals surface area (Å²) in [6.45, 7) is 2.46. The number of aliphatic hydroxyl groups is 3. The second-order valence-corrected chi connectivity index (χ2v) is 3.44. The van der Waals surface area contributed by atoms with Gasteiger partial charge in [-0.2, -0.15) is 0 Å². The van der Waals surface area contributed by atoms with Crippen LogP contribution in [0, 0.1) is 0 Å². The summed E-state index contributed by atoms with van der Waals surface area (Å²) >= 11 is 0. The van der Waals surface area contributed by atoms with Gasteiger partial charge in [0.2, 0.25) is 0 Å². The molecule has 0 aliphatic rings. The topological polar surface area (TPSA) is 124 Å². The number of rotatable bonds is 7. The van der Waals surface area contributed by atoms with Crippen molar-refractivity contribution in [3.05, 3.63) is 0 Å². The minimum absolute atomic E-state index is 0.0782. The minimum Gasteiger partial charge on any atom is -0.479 e. The molecule has 0 heterocycles. The Morgan fingerprint density at radius 3 is 2.06 bits per heavy atom. The Morgan fingerprint density at radius 2 is 1.75 bits per heavy atom. The van der Waals surface area contributed by atoms with Gasteiger partial charge in [-0.1, -0.05) is 0 Å². The van der Waals surface area contributed by atoms with Crippen molar-refractivity contribution in [3.8, 4) is 0 Å². The number of carboxylic acid groups (broad SMARTS) is 1. The first-order valence-electron chi connectivity index (χ1n) is 4.69. The van der Waals surface area contributed by atoms with Crippen LogP contribution in [0.4, 0.5) is 0 Å². The fourth-order valence-corrected chi connectivity index (χ4v) is 1.05. The Hall–Kier alpha value is -1.02. The van der Waals surface area contributed by atoms with E-state index in [0.717, 1.165) is 0 Å². The number of aldehydes is 1. The van der Waals surface area contributed by atoms with Crippen molar-refractivity contribution in [1.29, 1.82) is 0 Å². The fourth-order valence-electron chi connectivity index (χ4n) is 1.05. The summed E-state index contributed by atoms with van der Waals surface area (Å²) in [5, 5.41) is 36.3. The van der Waals surface area contributed by atoms with Crippen molar-refractivity contribution in [2.45, 2.75) is 44.4 Å². The first kappa shape index (κ1) is 15.0. The molecule has 94 valence electrons. The van der Waals surface area contributed by atoms with Crippen LogP contribution in [0.1, 0.15) is 13.8 Å². The molecule has 0 saturated heterocycles. The van der Waals surface area contributed by atoms with Crippen molar-refractivity contribution in [3.63, 3.8) is 0 Å². The second-order valence-electron chi connectivity index (χ2n) is 3.44. The molecule has 4 N–H and O–H groups in total. The van der Waals surface area contributed by atoms with Crippen LogP contribution in [-0.2, 0) is 14.3 Å². The lowest BCUT2D eigenvalue weighted by molar-refractivity contribution is -0.174. The van der Waals surface area contributed by atoms with E-state index in [2.05, 4.69) is 0 Å². The lowest BCUT2D eigenvalue weighted by atomic mass is 10.0. The van der Waals surface area contributed by atoms with E-state index in [4.69, 9.17) is 14.9 Å². The third-order valence-electron chi connectivity index (χ3n) is 2.01. The molecule has 0 bridgehead atoms. The summed E-state index contributed by atoms with van der Waals surface area (Å²) in [6, 6.07) is 0. The average Bonchev–Trinajstić information content (AvgIpc) is 2.22. The third-order valence-corrected chi connectivity index (χ3v) is 2.01. The first-order valence-corrected chi connectivity index (χ1v) is 4.69. The fraction of sp³-hybridized carbons (Fsp3) is 0.778. The number of carboxylic acids is 1. The maximum absolute atomic E-state index is 10.5. The smallest absolute Gasteiger partial charge is 0.332 e. The number of carbonyl (C=O) groups excluding carboxylic acids is 1. The molecule has 5 unspecified atom stereocenters. The van der Waals surface area contributed by atoms with Crippen molar-refractivity contribution >= 4 is 12.3 Å². The van der Waals surface area contributed by atoms with Gasteiger partial charge in [-0.3, -0.25) is 0 Å². The molecule has 0 spiro atoms. The molecule has 0 fully saturated rings. The van der Waals surface area contributed by atoms with Crippen molar-refractivity contribution < 1.29 is 34.8 Å². The Morgan fingerprint density at radius 1 is 1.25 bits per heavy atom. The molecule has 0 rings (SSSR count). The Labute approximate surface area is 92.3 Å². The highest BCUT2D eigenvalue weighted by atomic mass is 16.5. The number of aliphatic carboxylic acids is 1. The van der Waals surface area contributed by atoms with Crippen LogP contribution in [0.3, 0.4) is 0 Å². The SMILES string of the molecule is CC(OC(C(C)O)C(O)C(O)C=O)C(=O)O. The summed E-state index contributed by atoms with van der Waals surface area (Å²) in [5.41, 5.74) is 0. The zero-order chi connectivity index (χ0) is 12.9. The minimum atomic E-state index is -1.74. The third kappa shape index (κ3) is 4.23. The molecule has 0 aliphatic carbocycles. The van der Waals surface area contributed by atoms with Crippen molar-refractivity contribution in [2.75, 3.05) is 0 Å². The highest BCUT2D eigenvalue weighted by Crippen LogP contribution is 2.11. The van der Waals surface area contributed by atoms with E-state index in [0.29, 0.717) is 0 Å². The van der Waals surface area contributed by atoms with Crippen LogP contribution in [0.15, 0.2) is 0 Å². The van der Waals surface area contributed by atoms with Gasteiger partial charge >= 0.3 is 5.97 Å². The number of hydrogen-bond donors (Lipinski definition) is 4. The molecule has 0 aromatic rings. The predicted octanol–water partition coefficient (Wildman–Crippen LogP) is -1.85. The van der Waals surface area contributed by atoms with Crippen molar-refractivity contribution in [2.24, 2.45) is 0 Å². The van der Waals surface area contributed by atoms with Gasteiger partial charge in [0.15, 0.2) is 12.4 Å². The Bertz CT molecular complexity index is 240. The molecule has 5 atom stereocenters. The van der Waals surface area contributed by atoms with Crippen LogP contribution < -0.4 is 0 Å². The second kappa shape index (κ2) is 6.54. The average molecular weight is 236 g/mol. The largest absolute Gasteiger partial charge is 0.479 e. The molecular formula is C9H16O7. The number of carbonyl (C=O) groups is 2. The van der Waals surface area contributed by atoms with Gasteiger partial charge in [0.1, 0.15) is 18.3 Å². The molecule has 0 aromatic carbocycles. The molecule has 7 nitrogen and oxygen atoms in total. The van der Waals surface area contributed by atoms with E-state index in [1.54, 1.807) is 0 Å². The summed E-state index contributed by atoms with van der Waals surface area (Å²) in [5.74, 6) is -1.28. The molecule has 0 aromatic heterocycles. The van der Waals surface area contributed by atoms with E-state index in [9.17, 15) is 19.8 Å². The molecule has 0 saturated carbocycles. The number of hydrogen-bond acceptors (Lipinski definition) is 6. The molecule has 0 aliphatic heterocycles. The van der Waals surface area contributed by atoms with Crippen LogP contribution in [0.25, 0.3) is 0 Å². The molecule has 0 radical (unpaired) electrons. The van der Waals surface area contributed by atoms with Crippen LogP contribution >= 0.6 is 0 Å². The first-order chi connectivity index (χ1) is 7.31. The predicted molar refractivity (Wildman–Crippen MR) is 51.7 cm³/mol. The lowest BCUT2D eigenvalue weighted by Gasteiger charge is -2.28. The summed E-state index contributed by atoms with van der Waals surface area (Å²) in [6.07, 6.45) is -7.19. The van der Waals surface area contributed by atoms with Gasteiger partial charge in [-0.05, 0) is 13.8 Å². The van der Waals surface area contributed by atoms with E-state index in [-0.39, 0.29) is 6.29 Å². The molecule has 16 heavy (non-hydrogen) atoms.